The number of rotatable bonds is 6. The highest BCUT2D eigenvalue weighted by Crippen LogP contribution is 2.65. The Bertz CT molecular complexity index is 882. The zero-order chi connectivity index (χ0) is 22.1. The number of hydrogen-bond donors (Lipinski definition) is 2. The van der Waals surface area contributed by atoms with Gasteiger partial charge in [0.25, 0.3) is 0 Å². The lowest BCUT2D eigenvalue weighted by Gasteiger charge is -2.64. The van der Waals surface area contributed by atoms with E-state index in [2.05, 4.69) is 43.5 Å². The number of nitrogens with one attached hydrogen (secondary N) is 2. The molecule has 0 spiro atoms. The summed E-state index contributed by atoms with van der Waals surface area (Å²) in [6.07, 6.45) is 3.87. The standard InChI is InChI=1S/C25H35BN2O4/c1-24(2)17-11-20(24)25(3)21(12-17)31-26(32-25)22(9-15-7-5-4-6-8-15)28-23(29)30-14-19-18-10-16(18)13-27-19/h4-8,16-22,27H,9-14H2,1-3H3,(H,28,29)/t16-,17+,18-,19-,20+,21-,22+,25+/m1/s1. The third kappa shape index (κ3) is 3.39. The molecular weight excluding hydrogens is 403 g/mol. The monoisotopic (exact) mass is 438 g/mol. The minimum absolute atomic E-state index is 0.0925. The molecule has 32 heavy (non-hydrogen) atoms. The van der Waals surface area contributed by atoms with Crippen molar-refractivity contribution in [1.29, 1.82) is 0 Å². The lowest BCUT2D eigenvalue weighted by molar-refractivity contribution is -0.199. The van der Waals surface area contributed by atoms with Gasteiger partial charge in [0.2, 0.25) is 0 Å². The molecule has 2 aliphatic heterocycles. The van der Waals surface area contributed by atoms with Crippen LogP contribution in [0.1, 0.15) is 45.6 Å². The molecular formula is C25H35BN2O4. The van der Waals surface area contributed by atoms with E-state index in [9.17, 15) is 4.79 Å². The van der Waals surface area contributed by atoms with Crippen LogP contribution in [0.25, 0.3) is 0 Å². The van der Waals surface area contributed by atoms with E-state index in [1.807, 2.05) is 18.2 Å². The number of piperidine rings is 1. The quantitative estimate of drug-likeness (QED) is 0.668. The molecule has 6 aliphatic rings. The second kappa shape index (κ2) is 7.47. The van der Waals surface area contributed by atoms with E-state index >= 15 is 0 Å². The molecule has 1 aromatic rings. The van der Waals surface area contributed by atoms with E-state index in [1.54, 1.807) is 0 Å². The van der Waals surface area contributed by atoms with Crippen molar-refractivity contribution in [1.82, 2.24) is 10.6 Å². The number of benzene rings is 1. The molecule has 0 aromatic heterocycles. The summed E-state index contributed by atoms with van der Waals surface area (Å²) in [6, 6.07) is 10.5. The van der Waals surface area contributed by atoms with Crippen LogP contribution < -0.4 is 10.6 Å². The molecule has 7 heteroatoms. The zero-order valence-electron chi connectivity index (χ0n) is 19.4. The first-order valence-electron chi connectivity index (χ1n) is 12.4. The number of fused-ring (bicyclic) bond motifs is 1. The fourth-order valence-electron chi connectivity index (χ4n) is 7.15. The van der Waals surface area contributed by atoms with E-state index in [-0.39, 0.29) is 23.7 Å². The van der Waals surface area contributed by atoms with Gasteiger partial charge in [-0.3, -0.25) is 0 Å². The van der Waals surface area contributed by atoms with Gasteiger partial charge in [-0.2, -0.15) is 0 Å². The third-order valence-electron chi connectivity index (χ3n) is 9.43. The Balaban J connectivity index is 1.15. The van der Waals surface area contributed by atoms with Crippen molar-refractivity contribution in [2.75, 3.05) is 13.2 Å². The second-order valence-corrected chi connectivity index (χ2v) is 11.6. The first kappa shape index (κ1) is 21.0. The fourth-order valence-corrected chi connectivity index (χ4v) is 7.15. The maximum absolute atomic E-state index is 12.8. The van der Waals surface area contributed by atoms with E-state index in [0.29, 0.717) is 42.2 Å². The summed E-state index contributed by atoms with van der Waals surface area (Å²) in [6.45, 7) is 8.43. The molecule has 2 saturated heterocycles. The molecule has 1 aromatic carbocycles. The van der Waals surface area contributed by atoms with Crippen LogP contribution in [0.4, 0.5) is 4.79 Å². The molecule has 7 rings (SSSR count). The van der Waals surface area contributed by atoms with Crippen LogP contribution in [0, 0.1) is 29.1 Å². The Morgan fingerprint density at radius 2 is 2.06 bits per heavy atom. The molecule has 4 saturated carbocycles. The van der Waals surface area contributed by atoms with Crippen molar-refractivity contribution >= 4 is 13.2 Å². The Morgan fingerprint density at radius 1 is 1.25 bits per heavy atom. The maximum Gasteiger partial charge on any atom is 0.482 e. The van der Waals surface area contributed by atoms with Gasteiger partial charge in [-0.1, -0.05) is 44.2 Å². The van der Waals surface area contributed by atoms with Crippen LogP contribution in [0.15, 0.2) is 30.3 Å². The average Bonchev–Trinajstić information content (AvgIpc) is 3.29. The SMILES string of the molecule is CC1(C)[C@@H]2C[C@H]3OB([C@H](Cc4ccccc4)NC(=O)OC[C@H]4NC[C@H]5C[C@H]54)O[C@@]3(C)[C@H]1C2. The van der Waals surface area contributed by atoms with Gasteiger partial charge in [0.15, 0.2) is 0 Å². The van der Waals surface area contributed by atoms with Gasteiger partial charge in [-0.05, 0) is 73.8 Å². The molecule has 2 heterocycles. The molecule has 0 radical (unpaired) electrons. The highest BCUT2D eigenvalue weighted by atomic mass is 16.7. The van der Waals surface area contributed by atoms with Crippen LogP contribution in [0.2, 0.25) is 0 Å². The smallest absolute Gasteiger partial charge is 0.448 e. The van der Waals surface area contributed by atoms with Crippen molar-refractivity contribution in [3.63, 3.8) is 0 Å². The molecule has 0 unspecified atom stereocenters. The van der Waals surface area contributed by atoms with Gasteiger partial charge < -0.3 is 24.7 Å². The number of hydrogen-bond acceptors (Lipinski definition) is 5. The van der Waals surface area contributed by atoms with Gasteiger partial charge in [-0.15, -0.1) is 0 Å². The third-order valence-corrected chi connectivity index (χ3v) is 9.43. The van der Waals surface area contributed by atoms with Crippen LogP contribution >= 0.6 is 0 Å². The Labute approximate surface area is 191 Å². The summed E-state index contributed by atoms with van der Waals surface area (Å²) >= 11 is 0. The van der Waals surface area contributed by atoms with Crippen molar-refractivity contribution in [3.05, 3.63) is 35.9 Å². The molecule has 2 N–H and O–H groups in total. The van der Waals surface area contributed by atoms with Crippen molar-refractivity contribution in [3.8, 4) is 0 Å². The van der Waals surface area contributed by atoms with E-state index in [4.69, 9.17) is 14.0 Å². The molecule has 6 nitrogen and oxygen atoms in total. The van der Waals surface area contributed by atoms with Gasteiger partial charge >= 0.3 is 13.2 Å². The first-order valence-corrected chi connectivity index (χ1v) is 12.4. The van der Waals surface area contributed by atoms with Crippen molar-refractivity contribution in [2.45, 2.75) is 70.1 Å². The predicted molar refractivity (Wildman–Crippen MR) is 122 cm³/mol. The maximum atomic E-state index is 12.8. The highest BCUT2D eigenvalue weighted by molar-refractivity contribution is 6.47. The number of carbonyl (C=O) groups is 1. The van der Waals surface area contributed by atoms with Gasteiger partial charge in [-0.25, -0.2) is 4.79 Å². The summed E-state index contributed by atoms with van der Waals surface area (Å²) in [5.41, 5.74) is 1.14. The second-order valence-electron chi connectivity index (χ2n) is 11.6. The molecule has 4 aliphatic carbocycles. The highest BCUT2D eigenvalue weighted by Gasteiger charge is 2.68. The normalized spacial score (nSPS) is 41.3. The lowest BCUT2D eigenvalue weighted by Crippen LogP contribution is -2.65. The molecule has 2 bridgehead atoms. The summed E-state index contributed by atoms with van der Waals surface area (Å²) < 4.78 is 18.8. The van der Waals surface area contributed by atoms with Crippen LogP contribution in [0.5, 0.6) is 0 Å². The Morgan fingerprint density at radius 3 is 2.75 bits per heavy atom. The molecule has 172 valence electrons. The number of alkyl carbamates (subject to hydrolysis) is 1. The van der Waals surface area contributed by atoms with E-state index in [0.717, 1.165) is 24.4 Å². The van der Waals surface area contributed by atoms with Gasteiger partial charge in [0.1, 0.15) is 6.61 Å². The van der Waals surface area contributed by atoms with Crippen molar-refractivity contribution in [2.24, 2.45) is 29.1 Å². The largest absolute Gasteiger partial charge is 0.482 e. The summed E-state index contributed by atoms with van der Waals surface area (Å²) in [5, 5.41) is 6.56. The van der Waals surface area contributed by atoms with Crippen LogP contribution in [-0.2, 0) is 20.5 Å². The topological polar surface area (TPSA) is 68.8 Å². The average molecular weight is 438 g/mol. The number of carbonyl (C=O) groups excluding carboxylic acids is 1. The van der Waals surface area contributed by atoms with E-state index in [1.165, 1.54) is 12.8 Å². The summed E-state index contributed by atoms with van der Waals surface area (Å²) in [4.78, 5) is 12.8. The van der Waals surface area contributed by atoms with Crippen LogP contribution in [-0.4, -0.2) is 50.1 Å². The predicted octanol–water partition coefficient (Wildman–Crippen LogP) is 3.20. The number of amides is 1. The minimum Gasteiger partial charge on any atom is -0.448 e. The zero-order valence-corrected chi connectivity index (χ0v) is 19.4. The van der Waals surface area contributed by atoms with Crippen molar-refractivity contribution < 1.29 is 18.8 Å². The Hall–Kier alpha value is -1.57. The minimum atomic E-state index is -0.467. The van der Waals surface area contributed by atoms with E-state index < -0.39 is 7.12 Å². The molecule has 1 amide bonds. The first-order chi connectivity index (χ1) is 15.3. The molecule has 8 atom stereocenters. The Kier molecular flexibility index (Phi) is 4.90. The van der Waals surface area contributed by atoms with Gasteiger partial charge in [0.05, 0.1) is 17.6 Å². The summed E-state index contributed by atoms with van der Waals surface area (Å²) in [5.74, 6) is 2.37. The number of ether oxygens (including phenoxy) is 1. The summed E-state index contributed by atoms with van der Waals surface area (Å²) in [7, 11) is -0.467. The van der Waals surface area contributed by atoms with Crippen LogP contribution in [0.3, 0.4) is 0 Å². The van der Waals surface area contributed by atoms with Gasteiger partial charge in [0, 0.05) is 6.04 Å². The molecule has 6 fully saturated rings. The lowest BCUT2D eigenvalue weighted by atomic mass is 9.43. The fraction of sp³-hybridized carbons (Fsp3) is 0.720.